The molecule has 0 radical (unpaired) electrons. The zero-order chi connectivity index (χ0) is 14.8. The van der Waals surface area contributed by atoms with E-state index in [1.165, 1.54) is 36.0 Å². The molecule has 0 heterocycles. The lowest BCUT2D eigenvalue weighted by atomic mass is 9.93. The van der Waals surface area contributed by atoms with E-state index in [0.29, 0.717) is 0 Å². The normalized spacial score (nSPS) is 14.0. The maximum Gasteiger partial charge on any atom is -0.0162 e. The van der Waals surface area contributed by atoms with E-state index in [2.05, 4.69) is 73.7 Å². The summed E-state index contributed by atoms with van der Waals surface area (Å²) >= 11 is 0. The first kappa shape index (κ1) is 15.6. The molecule has 1 aromatic rings. The van der Waals surface area contributed by atoms with Crippen LogP contribution in [0.1, 0.15) is 51.0 Å². The van der Waals surface area contributed by atoms with E-state index < -0.39 is 0 Å². The molecule has 110 valence electrons. The smallest absolute Gasteiger partial charge is 0.0162 e. The van der Waals surface area contributed by atoms with Crippen LogP contribution < -0.4 is 0 Å². The predicted molar refractivity (Wildman–Crippen MR) is 94.2 cm³/mol. The third-order valence-electron chi connectivity index (χ3n) is 3.79. The van der Waals surface area contributed by atoms with Crippen molar-refractivity contribution < 1.29 is 0 Å². The Balaban J connectivity index is 2.07. The molecule has 0 nitrogen and oxygen atoms in total. The quantitative estimate of drug-likeness (QED) is 0.395. The van der Waals surface area contributed by atoms with Gasteiger partial charge in [0.1, 0.15) is 0 Å². The summed E-state index contributed by atoms with van der Waals surface area (Å²) in [5.74, 6) is 0. The Morgan fingerprint density at radius 2 is 1.71 bits per heavy atom. The van der Waals surface area contributed by atoms with Crippen LogP contribution >= 0.6 is 0 Å². The maximum atomic E-state index is 2.34. The van der Waals surface area contributed by atoms with Gasteiger partial charge in [-0.1, -0.05) is 86.6 Å². The number of rotatable bonds is 7. The Morgan fingerprint density at radius 3 is 2.43 bits per heavy atom. The van der Waals surface area contributed by atoms with Crippen molar-refractivity contribution >= 4 is 5.57 Å². The van der Waals surface area contributed by atoms with Crippen molar-refractivity contribution in [1.82, 2.24) is 0 Å². The molecule has 1 aliphatic rings. The second-order valence-electron chi connectivity index (χ2n) is 5.49. The summed E-state index contributed by atoms with van der Waals surface area (Å²) in [6.45, 7) is 2.24. The van der Waals surface area contributed by atoms with Crippen molar-refractivity contribution in [3.63, 3.8) is 0 Å². The lowest BCUT2D eigenvalue weighted by Gasteiger charge is -2.12. The maximum absolute atomic E-state index is 2.34. The molecule has 0 spiro atoms. The fourth-order valence-corrected chi connectivity index (χ4v) is 2.61. The minimum absolute atomic E-state index is 1.06. The zero-order valence-corrected chi connectivity index (χ0v) is 13.1. The molecule has 0 heteroatoms. The van der Waals surface area contributed by atoms with Crippen LogP contribution in [0.5, 0.6) is 0 Å². The molecular formula is C21H26. The van der Waals surface area contributed by atoms with Gasteiger partial charge in [0.05, 0.1) is 0 Å². The molecule has 0 bridgehead atoms. The van der Waals surface area contributed by atoms with E-state index in [1.807, 2.05) is 0 Å². The van der Waals surface area contributed by atoms with Crippen molar-refractivity contribution in [1.29, 1.82) is 0 Å². The summed E-state index contributed by atoms with van der Waals surface area (Å²) in [6, 6.07) is 10.8. The van der Waals surface area contributed by atoms with Gasteiger partial charge in [0.25, 0.3) is 0 Å². The first-order chi connectivity index (χ1) is 10.4. The molecule has 0 saturated carbocycles. The Labute approximate surface area is 129 Å². The van der Waals surface area contributed by atoms with Crippen LogP contribution in [0.15, 0.2) is 72.4 Å². The molecule has 1 aromatic carbocycles. The highest BCUT2D eigenvalue weighted by Gasteiger charge is 2.06. The molecule has 0 atom stereocenters. The number of allylic oxidation sites excluding steroid dienone is 8. The highest BCUT2D eigenvalue weighted by molar-refractivity contribution is 5.73. The predicted octanol–water partition coefficient (Wildman–Crippen LogP) is 6.48. The minimum Gasteiger partial charge on any atom is -0.0885 e. The van der Waals surface area contributed by atoms with Gasteiger partial charge in [-0.25, -0.2) is 0 Å². The average molecular weight is 278 g/mol. The van der Waals surface area contributed by atoms with E-state index in [9.17, 15) is 0 Å². The first-order valence-corrected chi connectivity index (χ1v) is 8.18. The fourth-order valence-electron chi connectivity index (χ4n) is 2.61. The summed E-state index contributed by atoms with van der Waals surface area (Å²) in [5.41, 5.74) is 4.18. The van der Waals surface area contributed by atoms with Gasteiger partial charge < -0.3 is 0 Å². The van der Waals surface area contributed by atoms with Crippen LogP contribution in [0.3, 0.4) is 0 Å². The van der Waals surface area contributed by atoms with Gasteiger partial charge in [-0.2, -0.15) is 0 Å². The van der Waals surface area contributed by atoms with Crippen molar-refractivity contribution in [2.24, 2.45) is 0 Å². The Bertz CT molecular complexity index is 512. The van der Waals surface area contributed by atoms with Crippen LogP contribution in [-0.4, -0.2) is 0 Å². The molecule has 21 heavy (non-hydrogen) atoms. The monoisotopic (exact) mass is 278 g/mol. The lowest BCUT2D eigenvalue weighted by molar-refractivity contribution is 0.811. The summed E-state index contributed by atoms with van der Waals surface area (Å²) < 4.78 is 0. The van der Waals surface area contributed by atoms with E-state index in [0.717, 1.165) is 19.3 Å². The van der Waals surface area contributed by atoms with E-state index in [4.69, 9.17) is 0 Å². The summed E-state index contributed by atoms with van der Waals surface area (Å²) in [6.07, 6.45) is 20.8. The summed E-state index contributed by atoms with van der Waals surface area (Å²) in [5, 5.41) is 0. The van der Waals surface area contributed by atoms with Crippen molar-refractivity contribution in [2.45, 2.75) is 45.4 Å². The van der Waals surface area contributed by atoms with Gasteiger partial charge >= 0.3 is 0 Å². The van der Waals surface area contributed by atoms with Gasteiger partial charge in [-0.3, -0.25) is 0 Å². The van der Waals surface area contributed by atoms with Crippen LogP contribution in [0.2, 0.25) is 0 Å². The number of unbranched alkanes of at least 4 members (excludes halogenated alkanes) is 2. The van der Waals surface area contributed by atoms with Gasteiger partial charge in [-0.15, -0.1) is 0 Å². The molecule has 0 N–H and O–H groups in total. The van der Waals surface area contributed by atoms with Crippen molar-refractivity contribution in [3.05, 3.63) is 77.9 Å². The third-order valence-corrected chi connectivity index (χ3v) is 3.79. The minimum atomic E-state index is 1.06. The number of benzene rings is 1. The van der Waals surface area contributed by atoms with E-state index >= 15 is 0 Å². The highest BCUT2D eigenvalue weighted by Crippen LogP contribution is 2.27. The van der Waals surface area contributed by atoms with Gasteiger partial charge in [0.15, 0.2) is 0 Å². The second-order valence-corrected chi connectivity index (χ2v) is 5.49. The largest absolute Gasteiger partial charge is 0.0885 e. The van der Waals surface area contributed by atoms with Gasteiger partial charge in [0.2, 0.25) is 0 Å². The van der Waals surface area contributed by atoms with Crippen molar-refractivity contribution in [3.8, 4) is 0 Å². The average Bonchev–Trinajstić information content (AvgIpc) is 2.56. The Hall–Kier alpha value is -1.82. The first-order valence-electron chi connectivity index (χ1n) is 8.18. The van der Waals surface area contributed by atoms with Gasteiger partial charge in [-0.05, 0) is 42.4 Å². The SMILES string of the molecule is CCCC/C=C/CCC(=C1C=CCC=C1)c1ccccc1. The van der Waals surface area contributed by atoms with Crippen LogP contribution in [0, 0.1) is 0 Å². The van der Waals surface area contributed by atoms with Crippen molar-refractivity contribution in [2.75, 3.05) is 0 Å². The molecule has 0 fully saturated rings. The Morgan fingerprint density at radius 1 is 1.00 bits per heavy atom. The fraction of sp³-hybridized carbons (Fsp3) is 0.333. The standard InChI is InChI=1S/C21H26/c1-2-3-4-5-6-13-18-21(19-14-9-7-10-15-19)20-16-11-8-12-17-20/h5-7,9-12,14-17H,2-4,8,13,18H2,1H3/b6-5+. The second kappa shape index (κ2) is 9.18. The Kier molecular flexibility index (Phi) is 6.80. The molecule has 1 aliphatic carbocycles. The van der Waals surface area contributed by atoms with Gasteiger partial charge in [0, 0.05) is 0 Å². The molecule has 0 unspecified atom stereocenters. The molecular weight excluding hydrogens is 252 g/mol. The van der Waals surface area contributed by atoms with Crippen LogP contribution in [0.4, 0.5) is 0 Å². The van der Waals surface area contributed by atoms with Crippen LogP contribution in [-0.2, 0) is 0 Å². The number of hydrogen-bond donors (Lipinski definition) is 0. The molecule has 0 aromatic heterocycles. The number of hydrogen-bond acceptors (Lipinski definition) is 0. The summed E-state index contributed by atoms with van der Waals surface area (Å²) in [4.78, 5) is 0. The van der Waals surface area contributed by atoms with Crippen LogP contribution in [0.25, 0.3) is 5.57 Å². The molecule has 0 aliphatic heterocycles. The van der Waals surface area contributed by atoms with E-state index in [1.54, 1.807) is 0 Å². The molecule has 0 saturated heterocycles. The lowest BCUT2D eigenvalue weighted by Crippen LogP contribution is -1.91. The third kappa shape index (κ3) is 5.23. The molecule has 2 rings (SSSR count). The highest BCUT2D eigenvalue weighted by atomic mass is 14.1. The molecule has 0 amide bonds. The van der Waals surface area contributed by atoms with E-state index in [-0.39, 0.29) is 0 Å². The summed E-state index contributed by atoms with van der Waals surface area (Å²) in [7, 11) is 0. The zero-order valence-electron chi connectivity index (χ0n) is 13.1. The topological polar surface area (TPSA) is 0 Å².